The van der Waals surface area contributed by atoms with Gasteiger partial charge < -0.3 is 9.84 Å². The summed E-state index contributed by atoms with van der Waals surface area (Å²) in [7, 11) is 0. The number of carboxylic acids is 1. The van der Waals surface area contributed by atoms with Gasteiger partial charge in [0, 0.05) is 6.54 Å². The highest BCUT2D eigenvalue weighted by Gasteiger charge is 2.15. The lowest BCUT2D eigenvalue weighted by Crippen LogP contribution is -2.05. The van der Waals surface area contributed by atoms with Crippen molar-refractivity contribution in [1.82, 2.24) is 15.0 Å². The number of hydrogen-bond donors (Lipinski definition) is 1. The minimum absolute atomic E-state index is 0.0496. The van der Waals surface area contributed by atoms with E-state index in [9.17, 15) is 9.18 Å². The Hall–Kier alpha value is -2.44. The molecule has 2 aromatic rings. The number of aromatic nitrogens is 3. The number of aryl methyl sites for hydroxylation is 1. The van der Waals surface area contributed by atoms with Crippen LogP contribution < -0.4 is 4.74 Å². The average Bonchev–Trinajstić information content (AvgIpc) is 2.79. The van der Waals surface area contributed by atoms with Crippen molar-refractivity contribution in [2.24, 2.45) is 0 Å². The summed E-state index contributed by atoms with van der Waals surface area (Å²) >= 11 is 0. The second kappa shape index (κ2) is 5.47. The van der Waals surface area contributed by atoms with E-state index in [0.29, 0.717) is 12.4 Å². The number of ether oxygens (including phenoxy) is 1. The topological polar surface area (TPSA) is 77.2 Å². The number of halogens is 1. The summed E-state index contributed by atoms with van der Waals surface area (Å²) in [4.78, 5) is 11.0. The summed E-state index contributed by atoms with van der Waals surface area (Å²) in [5.41, 5.74) is -0.246. The molecule has 0 radical (unpaired) electrons. The molecule has 0 saturated carbocycles. The fourth-order valence-corrected chi connectivity index (χ4v) is 1.57. The second-order valence-electron chi connectivity index (χ2n) is 3.84. The fourth-order valence-electron chi connectivity index (χ4n) is 1.57. The van der Waals surface area contributed by atoms with Crippen molar-refractivity contribution in [1.29, 1.82) is 0 Å². The van der Waals surface area contributed by atoms with Gasteiger partial charge in [-0.15, -0.1) is 5.10 Å². The summed E-state index contributed by atoms with van der Waals surface area (Å²) < 4.78 is 20.0. The molecule has 1 heterocycles. The summed E-state index contributed by atoms with van der Waals surface area (Å²) in [6, 6.07) is 3.31. The predicted molar refractivity (Wildman–Crippen MR) is 63.7 cm³/mol. The highest BCUT2D eigenvalue weighted by Crippen LogP contribution is 2.25. The first-order valence-corrected chi connectivity index (χ1v) is 5.71. The van der Waals surface area contributed by atoms with Crippen LogP contribution in [0.4, 0.5) is 4.39 Å². The molecule has 1 aromatic carbocycles. The minimum atomic E-state index is -1.26. The van der Waals surface area contributed by atoms with Crippen LogP contribution >= 0.6 is 0 Å². The molecule has 0 saturated heterocycles. The first-order valence-electron chi connectivity index (χ1n) is 5.71. The smallest absolute Gasteiger partial charge is 0.339 e. The van der Waals surface area contributed by atoms with Crippen LogP contribution in [0.25, 0.3) is 0 Å². The van der Waals surface area contributed by atoms with Crippen molar-refractivity contribution >= 4 is 5.97 Å². The van der Waals surface area contributed by atoms with Crippen LogP contribution in [0.1, 0.15) is 23.7 Å². The van der Waals surface area contributed by atoms with Gasteiger partial charge in [-0.1, -0.05) is 12.1 Å². The highest BCUT2D eigenvalue weighted by atomic mass is 19.1. The van der Waals surface area contributed by atoms with Crippen LogP contribution in [0.5, 0.6) is 11.6 Å². The summed E-state index contributed by atoms with van der Waals surface area (Å²) in [6.45, 7) is 2.56. The lowest BCUT2D eigenvalue weighted by Gasteiger charge is -2.09. The van der Waals surface area contributed by atoms with Gasteiger partial charge in [0.1, 0.15) is 23.3 Å². The maximum absolute atomic E-state index is 13.0. The van der Waals surface area contributed by atoms with Gasteiger partial charge >= 0.3 is 5.97 Å². The third-order valence-corrected chi connectivity index (χ3v) is 2.40. The third kappa shape index (κ3) is 2.87. The maximum Gasteiger partial charge on any atom is 0.339 e. The van der Waals surface area contributed by atoms with Gasteiger partial charge in [0.2, 0.25) is 5.88 Å². The molecule has 0 aliphatic carbocycles. The van der Waals surface area contributed by atoms with E-state index in [-0.39, 0.29) is 11.3 Å². The molecule has 1 N–H and O–H groups in total. The van der Waals surface area contributed by atoms with E-state index in [0.717, 1.165) is 18.6 Å². The molecule has 7 heteroatoms. The molecule has 0 spiro atoms. The highest BCUT2D eigenvalue weighted by molar-refractivity contribution is 5.90. The van der Waals surface area contributed by atoms with E-state index < -0.39 is 11.8 Å². The summed E-state index contributed by atoms with van der Waals surface area (Å²) in [6.07, 6.45) is 2.21. The molecule has 6 nitrogen and oxygen atoms in total. The van der Waals surface area contributed by atoms with Crippen molar-refractivity contribution in [2.75, 3.05) is 0 Å². The number of benzene rings is 1. The van der Waals surface area contributed by atoms with Gasteiger partial charge in [0.15, 0.2) is 0 Å². The fraction of sp³-hybridized carbons (Fsp3) is 0.250. The van der Waals surface area contributed by atoms with Gasteiger partial charge in [-0.3, -0.25) is 0 Å². The van der Waals surface area contributed by atoms with Crippen molar-refractivity contribution in [3.63, 3.8) is 0 Å². The molecule has 1 aromatic heterocycles. The normalized spacial score (nSPS) is 10.4. The first kappa shape index (κ1) is 13.0. The van der Waals surface area contributed by atoms with Crippen LogP contribution in [0.3, 0.4) is 0 Å². The first-order chi connectivity index (χ1) is 9.11. The van der Waals surface area contributed by atoms with Gasteiger partial charge in [-0.25, -0.2) is 13.9 Å². The lowest BCUT2D eigenvalue weighted by molar-refractivity contribution is 0.0693. The number of rotatable bonds is 5. The van der Waals surface area contributed by atoms with Crippen molar-refractivity contribution in [2.45, 2.75) is 19.9 Å². The third-order valence-electron chi connectivity index (χ3n) is 2.40. The summed E-state index contributed by atoms with van der Waals surface area (Å²) in [5, 5.41) is 16.5. The standard InChI is InChI=1S/C12H12FN3O3/c1-2-5-16-11(7-14-15-16)19-10-4-3-8(13)6-9(10)12(17)18/h3-4,6-7H,2,5H2,1H3,(H,17,18). The Kier molecular flexibility index (Phi) is 3.74. The number of nitrogens with zero attached hydrogens (tertiary/aromatic N) is 3. The molecule has 0 bridgehead atoms. The zero-order chi connectivity index (χ0) is 13.8. The van der Waals surface area contributed by atoms with Crippen LogP contribution in [0, 0.1) is 5.82 Å². The monoisotopic (exact) mass is 265 g/mol. The summed E-state index contributed by atoms with van der Waals surface area (Å²) in [5.74, 6) is -1.53. The Morgan fingerprint density at radius 2 is 2.32 bits per heavy atom. The molecule has 19 heavy (non-hydrogen) atoms. The molecule has 0 fully saturated rings. The number of hydrogen-bond acceptors (Lipinski definition) is 4. The Morgan fingerprint density at radius 3 is 3.00 bits per heavy atom. The van der Waals surface area contributed by atoms with E-state index in [1.54, 1.807) is 0 Å². The van der Waals surface area contributed by atoms with E-state index in [2.05, 4.69) is 10.3 Å². The quantitative estimate of drug-likeness (QED) is 0.897. The molecule has 0 unspecified atom stereocenters. The van der Waals surface area contributed by atoms with Gasteiger partial charge in [0.25, 0.3) is 0 Å². The average molecular weight is 265 g/mol. The molecule has 0 atom stereocenters. The second-order valence-corrected chi connectivity index (χ2v) is 3.84. The Balaban J connectivity index is 2.32. The zero-order valence-electron chi connectivity index (χ0n) is 10.2. The van der Waals surface area contributed by atoms with Crippen molar-refractivity contribution in [3.8, 4) is 11.6 Å². The molecular formula is C12H12FN3O3. The van der Waals surface area contributed by atoms with Gasteiger partial charge in [-0.05, 0) is 24.6 Å². The van der Waals surface area contributed by atoms with E-state index in [4.69, 9.17) is 9.84 Å². The van der Waals surface area contributed by atoms with Crippen LogP contribution in [-0.2, 0) is 6.54 Å². The molecular weight excluding hydrogens is 253 g/mol. The number of carboxylic acid groups (broad SMARTS) is 1. The Bertz CT molecular complexity index is 598. The lowest BCUT2D eigenvalue weighted by atomic mass is 10.2. The predicted octanol–water partition coefficient (Wildman–Crippen LogP) is 2.32. The van der Waals surface area contributed by atoms with Gasteiger partial charge in [-0.2, -0.15) is 0 Å². The SMILES string of the molecule is CCCn1nncc1Oc1ccc(F)cc1C(=O)O. The molecule has 2 rings (SSSR count). The Labute approximate surface area is 108 Å². The van der Waals surface area contributed by atoms with Gasteiger partial charge in [0.05, 0.1) is 0 Å². The molecule has 0 amide bonds. The molecule has 0 aliphatic heterocycles. The van der Waals surface area contributed by atoms with E-state index in [1.807, 2.05) is 6.92 Å². The van der Waals surface area contributed by atoms with Crippen LogP contribution in [0.15, 0.2) is 24.4 Å². The molecule has 100 valence electrons. The Morgan fingerprint density at radius 1 is 1.53 bits per heavy atom. The van der Waals surface area contributed by atoms with Crippen molar-refractivity contribution in [3.05, 3.63) is 35.8 Å². The maximum atomic E-state index is 13.0. The van der Waals surface area contributed by atoms with Crippen molar-refractivity contribution < 1.29 is 19.0 Å². The van der Waals surface area contributed by atoms with Crippen LogP contribution in [0.2, 0.25) is 0 Å². The number of carbonyl (C=O) groups is 1. The van der Waals surface area contributed by atoms with E-state index >= 15 is 0 Å². The minimum Gasteiger partial charge on any atom is -0.478 e. The number of aromatic carboxylic acids is 1. The van der Waals surface area contributed by atoms with Crippen LogP contribution in [-0.4, -0.2) is 26.1 Å². The molecule has 0 aliphatic rings. The largest absolute Gasteiger partial charge is 0.478 e. The van der Waals surface area contributed by atoms with E-state index in [1.165, 1.54) is 16.9 Å². The zero-order valence-corrected chi connectivity index (χ0v) is 10.2.